The van der Waals surface area contributed by atoms with E-state index in [1.165, 1.54) is 12.8 Å². The van der Waals surface area contributed by atoms with Gasteiger partial charge in [0.15, 0.2) is 0 Å². The zero-order valence-corrected chi connectivity index (χ0v) is 9.20. The fraction of sp³-hybridized carbons (Fsp3) is 0.615. The van der Waals surface area contributed by atoms with Crippen molar-refractivity contribution in [1.82, 2.24) is 0 Å². The molecule has 0 amide bonds. The van der Waals surface area contributed by atoms with Crippen LogP contribution in [0.25, 0.3) is 0 Å². The van der Waals surface area contributed by atoms with Crippen LogP contribution in [-0.4, -0.2) is 6.29 Å². The molecule has 1 rings (SSSR count). The van der Waals surface area contributed by atoms with Crippen LogP contribution in [0.3, 0.4) is 0 Å². The van der Waals surface area contributed by atoms with Crippen molar-refractivity contribution in [2.24, 2.45) is 11.8 Å². The first-order valence-corrected chi connectivity index (χ1v) is 5.55. The van der Waals surface area contributed by atoms with Gasteiger partial charge in [-0.15, -0.1) is 0 Å². The van der Waals surface area contributed by atoms with E-state index < -0.39 is 0 Å². The van der Waals surface area contributed by atoms with Gasteiger partial charge < -0.3 is 0 Å². The lowest BCUT2D eigenvalue weighted by atomic mass is 9.80. The van der Waals surface area contributed by atoms with Crippen molar-refractivity contribution in [3.8, 4) is 0 Å². The van der Waals surface area contributed by atoms with Gasteiger partial charge >= 0.3 is 0 Å². The summed E-state index contributed by atoms with van der Waals surface area (Å²) in [5.74, 6) is 1.35. The Kier molecular flexibility index (Phi) is 4.64. The summed E-state index contributed by atoms with van der Waals surface area (Å²) in [5.41, 5.74) is 1.01. The van der Waals surface area contributed by atoms with Crippen LogP contribution in [0.4, 0.5) is 0 Å². The summed E-state index contributed by atoms with van der Waals surface area (Å²) >= 11 is 0. The van der Waals surface area contributed by atoms with Crippen molar-refractivity contribution in [3.05, 3.63) is 23.8 Å². The van der Waals surface area contributed by atoms with E-state index in [1.807, 2.05) is 0 Å². The molecule has 2 atom stereocenters. The molecule has 0 fully saturated rings. The second-order valence-corrected chi connectivity index (χ2v) is 4.19. The Balaban J connectivity index is 2.51. The molecule has 0 spiro atoms. The molecular formula is C13H20O. The van der Waals surface area contributed by atoms with Crippen molar-refractivity contribution >= 4 is 6.29 Å². The van der Waals surface area contributed by atoms with Gasteiger partial charge in [-0.25, -0.2) is 0 Å². The van der Waals surface area contributed by atoms with Crippen LogP contribution in [0.1, 0.15) is 39.5 Å². The first kappa shape index (κ1) is 11.2. The van der Waals surface area contributed by atoms with Crippen LogP contribution < -0.4 is 0 Å². The van der Waals surface area contributed by atoms with E-state index in [0.29, 0.717) is 5.92 Å². The third-order valence-corrected chi connectivity index (χ3v) is 3.10. The highest BCUT2D eigenvalue weighted by atomic mass is 16.1. The second-order valence-electron chi connectivity index (χ2n) is 4.19. The van der Waals surface area contributed by atoms with Gasteiger partial charge in [0.1, 0.15) is 6.29 Å². The minimum Gasteiger partial charge on any atom is -0.298 e. The number of hydrogen-bond donors (Lipinski definition) is 0. The summed E-state index contributed by atoms with van der Waals surface area (Å²) < 4.78 is 0. The number of allylic oxidation sites excluding steroid dienone is 4. The molecule has 0 saturated heterocycles. The first-order chi connectivity index (χ1) is 6.77. The van der Waals surface area contributed by atoms with Crippen LogP contribution in [0.5, 0.6) is 0 Å². The molecule has 0 bridgehead atoms. The van der Waals surface area contributed by atoms with Crippen molar-refractivity contribution < 1.29 is 4.79 Å². The Morgan fingerprint density at radius 2 is 2.36 bits per heavy atom. The molecule has 0 saturated carbocycles. The highest BCUT2D eigenvalue weighted by molar-refractivity contribution is 5.73. The van der Waals surface area contributed by atoms with Gasteiger partial charge in [-0.2, -0.15) is 0 Å². The summed E-state index contributed by atoms with van der Waals surface area (Å²) in [4.78, 5) is 10.7. The van der Waals surface area contributed by atoms with Gasteiger partial charge in [0, 0.05) is 0 Å². The van der Waals surface area contributed by atoms with Crippen molar-refractivity contribution in [2.45, 2.75) is 39.5 Å². The average Bonchev–Trinajstić information content (AvgIpc) is 2.21. The van der Waals surface area contributed by atoms with Crippen LogP contribution in [0.2, 0.25) is 0 Å². The maximum Gasteiger partial charge on any atom is 0.145 e. The Labute approximate surface area is 86.9 Å². The zero-order valence-electron chi connectivity index (χ0n) is 9.20. The molecule has 0 aromatic heterocycles. The molecule has 78 valence electrons. The molecule has 1 aliphatic rings. The van der Waals surface area contributed by atoms with Gasteiger partial charge in [-0.1, -0.05) is 25.2 Å². The quantitative estimate of drug-likeness (QED) is 0.492. The molecule has 0 heterocycles. The molecule has 0 radical (unpaired) electrons. The molecule has 2 unspecified atom stereocenters. The van der Waals surface area contributed by atoms with Crippen LogP contribution in [0, 0.1) is 11.8 Å². The maximum atomic E-state index is 10.7. The van der Waals surface area contributed by atoms with Gasteiger partial charge in [-0.05, 0) is 50.0 Å². The smallest absolute Gasteiger partial charge is 0.145 e. The number of rotatable bonds is 4. The summed E-state index contributed by atoms with van der Waals surface area (Å²) in [7, 11) is 0. The van der Waals surface area contributed by atoms with Crippen LogP contribution >= 0.6 is 0 Å². The second kappa shape index (κ2) is 5.79. The molecule has 14 heavy (non-hydrogen) atoms. The predicted molar refractivity (Wildman–Crippen MR) is 60.1 cm³/mol. The topological polar surface area (TPSA) is 17.1 Å². The Hall–Kier alpha value is -0.850. The molecular weight excluding hydrogens is 172 g/mol. The Morgan fingerprint density at radius 1 is 1.57 bits per heavy atom. The largest absolute Gasteiger partial charge is 0.298 e. The summed E-state index contributed by atoms with van der Waals surface area (Å²) in [6, 6.07) is 0. The van der Waals surface area contributed by atoms with Gasteiger partial charge in [0.2, 0.25) is 0 Å². The monoisotopic (exact) mass is 192 g/mol. The summed E-state index contributed by atoms with van der Waals surface area (Å²) in [6.45, 7) is 4.34. The molecule has 1 nitrogen and oxygen atoms in total. The number of hydrogen-bond acceptors (Lipinski definition) is 1. The average molecular weight is 192 g/mol. The van der Waals surface area contributed by atoms with E-state index in [1.54, 1.807) is 0 Å². The Morgan fingerprint density at radius 3 is 3.00 bits per heavy atom. The van der Waals surface area contributed by atoms with Gasteiger partial charge in [-0.3, -0.25) is 4.79 Å². The maximum absolute atomic E-state index is 10.7. The molecule has 1 aliphatic carbocycles. The van der Waals surface area contributed by atoms with Crippen molar-refractivity contribution in [2.75, 3.05) is 0 Å². The third kappa shape index (κ3) is 3.13. The van der Waals surface area contributed by atoms with E-state index >= 15 is 0 Å². The fourth-order valence-electron chi connectivity index (χ4n) is 2.05. The minimum absolute atomic E-state index is 0.611. The SMILES string of the molecule is CC=CCCC1C=C(C=O)CCC1C. The van der Waals surface area contributed by atoms with E-state index in [2.05, 4.69) is 32.1 Å². The zero-order chi connectivity index (χ0) is 10.4. The van der Waals surface area contributed by atoms with Crippen LogP contribution in [-0.2, 0) is 4.79 Å². The fourth-order valence-corrected chi connectivity index (χ4v) is 2.05. The molecule has 0 aromatic carbocycles. The molecule has 0 aliphatic heterocycles. The number of aldehydes is 1. The minimum atomic E-state index is 0.611. The molecule has 0 aromatic rings. The van der Waals surface area contributed by atoms with E-state index in [-0.39, 0.29) is 0 Å². The lowest BCUT2D eigenvalue weighted by molar-refractivity contribution is -0.105. The predicted octanol–water partition coefficient (Wildman–Crippen LogP) is 3.51. The van der Waals surface area contributed by atoms with Gasteiger partial charge in [0.05, 0.1) is 0 Å². The van der Waals surface area contributed by atoms with Crippen molar-refractivity contribution in [3.63, 3.8) is 0 Å². The van der Waals surface area contributed by atoms with E-state index in [0.717, 1.165) is 30.6 Å². The van der Waals surface area contributed by atoms with E-state index in [9.17, 15) is 4.79 Å². The van der Waals surface area contributed by atoms with Crippen LogP contribution in [0.15, 0.2) is 23.8 Å². The Bertz CT molecular complexity index is 238. The summed E-state index contributed by atoms with van der Waals surface area (Å²) in [6.07, 6.45) is 12.0. The standard InChI is InChI=1S/C13H20O/c1-3-4-5-6-13-9-12(10-14)8-7-11(13)2/h3-4,9-11,13H,5-8H2,1-2H3. The number of carbonyl (C=O) groups excluding carboxylic acids is 1. The third-order valence-electron chi connectivity index (χ3n) is 3.10. The molecule has 0 N–H and O–H groups in total. The normalized spacial score (nSPS) is 27.7. The lowest BCUT2D eigenvalue weighted by Crippen LogP contribution is -2.15. The lowest BCUT2D eigenvalue weighted by Gasteiger charge is -2.25. The summed E-state index contributed by atoms with van der Waals surface area (Å²) in [5, 5.41) is 0. The highest BCUT2D eigenvalue weighted by Crippen LogP contribution is 2.30. The van der Waals surface area contributed by atoms with Gasteiger partial charge in [0.25, 0.3) is 0 Å². The number of carbonyl (C=O) groups is 1. The molecule has 1 heteroatoms. The highest BCUT2D eigenvalue weighted by Gasteiger charge is 2.19. The van der Waals surface area contributed by atoms with Crippen molar-refractivity contribution in [1.29, 1.82) is 0 Å². The van der Waals surface area contributed by atoms with E-state index in [4.69, 9.17) is 0 Å². The first-order valence-electron chi connectivity index (χ1n) is 5.55.